The fraction of sp³-hybridized carbons (Fsp3) is 1.00. The Morgan fingerprint density at radius 2 is 1.86 bits per heavy atom. The Morgan fingerprint density at radius 3 is 2.43 bits per heavy atom. The maximum absolute atomic E-state index is 6.16. The minimum absolute atomic E-state index is 0.216. The van der Waals surface area contributed by atoms with Crippen molar-refractivity contribution in [3.8, 4) is 0 Å². The first-order chi connectivity index (χ1) is 10.1. The minimum Gasteiger partial charge on any atom is -0.329 e. The van der Waals surface area contributed by atoms with Crippen LogP contribution in [0.4, 0.5) is 0 Å². The highest BCUT2D eigenvalue weighted by Crippen LogP contribution is 2.48. The molecule has 0 spiro atoms. The van der Waals surface area contributed by atoms with Gasteiger partial charge >= 0.3 is 0 Å². The molecule has 0 radical (unpaired) electrons. The van der Waals surface area contributed by atoms with E-state index in [9.17, 15) is 0 Å². The summed E-state index contributed by atoms with van der Waals surface area (Å²) in [5, 5.41) is 0. The lowest BCUT2D eigenvalue weighted by Gasteiger charge is -2.41. The fourth-order valence-corrected chi connectivity index (χ4v) is 4.73. The van der Waals surface area contributed by atoms with E-state index in [2.05, 4.69) is 25.8 Å². The van der Waals surface area contributed by atoms with Gasteiger partial charge in [0.25, 0.3) is 0 Å². The second kappa shape index (κ2) is 7.97. The lowest BCUT2D eigenvalue weighted by Crippen LogP contribution is -2.51. The van der Waals surface area contributed by atoms with Crippen LogP contribution in [0.1, 0.15) is 78.1 Å². The number of rotatable bonds is 10. The van der Waals surface area contributed by atoms with Crippen LogP contribution in [-0.2, 0) is 0 Å². The van der Waals surface area contributed by atoms with Gasteiger partial charge in [-0.2, -0.15) is 0 Å². The van der Waals surface area contributed by atoms with Crippen molar-refractivity contribution in [2.24, 2.45) is 23.5 Å². The molecule has 21 heavy (non-hydrogen) atoms. The Hall–Kier alpha value is -0.0800. The van der Waals surface area contributed by atoms with Crippen molar-refractivity contribution in [1.29, 1.82) is 0 Å². The molecule has 4 unspecified atom stereocenters. The molecule has 2 heteroatoms. The molecular weight excluding hydrogens is 256 g/mol. The van der Waals surface area contributed by atoms with E-state index >= 15 is 0 Å². The number of nitrogens with two attached hydrogens (primary N) is 1. The molecule has 0 amide bonds. The molecule has 0 aromatic heterocycles. The van der Waals surface area contributed by atoms with E-state index < -0.39 is 0 Å². The van der Waals surface area contributed by atoms with Gasteiger partial charge in [0.05, 0.1) is 0 Å². The van der Waals surface area contributed by atoms with Crippen molar-refractivity contribution in [3.05, 3.63) is 0 Å². The zero-order valence-electron chi connectivity index (χ0n) is 14.7. The summed E-state index contributed by atoms with van der Waals surface area (Å²) in [5.74, 6) is 3.05. The molecule has 124 valence electrons. The molecular formula is C19H38N2. The van der Waals surface area contributed by atoms with E-state index in [1.165, 1.54) is 70.8 Å². The highest BCUT2D eigenvalue weighted by atomic mass is 15.2. The molecule has 2 saturated carbocycles. The average molecular weight is 295 g/mol. The summed E-state index contributed by atoms with van der Waals surface area (Å²) >= 11 is 0. The van der Waals surface area contributed by atoms with E-state index in [0.29, 0.717) is 0 Å². The van der Waals surface area contributed by atoms with Crippen LogP contribution in [0, 0.1) is 17.8 Å². The molecule has 2 bridgehead atoms. The Bertz CT molecular complexity index is 304. The van der Waals surface area contributed by atoms with Crippen molar-refractivity contribution in [3.63, 3.8) is 0 Å². The molecule has 0 saturated heterocycles. The molecule has 0 heterocycles. The highest BCUT2D eigenvalue weighted by molar-refractivity contribution is 4.94. The number of likely N-dealkylation sites (N-methyl/N-ethyl adjacent to an activating group) is 1. The molecule has 2 rings (SSSR count). The van der Waals surface area contributed by atoms with Gasteiger partial charge in [-0.25, -0.2) is 0 Å². The third-order valence-corrected chi connectivity index (χ3v) is 6.57. The van der Waals surface area contributed by atoms with Crippen LogP contribution in [0.3, 0.4) is 0 Å². The quantitative estimate of drug-likeness (QED) is 0.604. The first-order valence-electron chi connectivity index (χ1n) is 9.50. The highest BCUT2D eigenvalue weighted by Gasteiger charge is 2.41. The van der Waals surface area contributed by atoms with Gasteiger partial charge < -0.3 is 5.73 Å². The summed E-state index contributed by atoms with van der Waals surface area (Å²) in [5.41, 5.74) is 6.37. The molecule has 2 fully saturated rings. The van der Waals surface area contributed by atoms with Crippen molar-refractivity contribution in [2.45, 2.75) is 83.6 Å². The Balaban J connectivity index is 1.75. The SMILES string of the molecule is CCCCCCCC(C)(CN)N(C)CC1CC2CCC1C2. The number of fused-ring (bicyclic) bond motifs is 2. The van der Waals surface area contributed by atoms with Gasteiger partial charge in [-0.3, -0.25) is 4.90 Å². The summed E-state index contributed by atoms with van der Waals surface area (Å²) < 4.78 is 0. The summed E-state index contributed by atoms with van der Waals surface area (Å²) in [6.07, 6.45) is 14.1. The van der Waals surface area contributed by atoms with Crippen molar-refractivity contribution in [2.75, 3.05) is 20.1 Å². The maximum Gasteiger partial charge on any atom is 0.0300 e. The van der Waals surface area contributed by atoms with Crippen molar-refractivity contribution >= 4 is 0 Å². The average Bonchev–Trinajstić information content (AvgIpc) is 3.09. The fourth-order valence-electron chi connectivity index (χ4n) is 4.73. The Morgan fingerprint density at radius 1 is 1.10 bits per heavy atom. The van der Waals surface area contributed by atoms with Crippen LogP contribution in [0.15, 0.2) is 0 Å². The van der Waals surface area contributed by atoms with E-state index in [1.807, 2.05) is 0 Å². The van der Waals surface area contributed by atoms with Crippen LogP contribution in [-0.4, -0.2) is 30.6 Å². The second-order valence-electron chi connectivity index (χ2n) is 8.18. The lowest BCUT2D eigenvalue weighted by molar-refractivity contribution is 0.0949. The van der Waals surface area contributed by atoms with Gasteiger partial charge in [0, 0.05) is 18.6 Å². The van der Waals surface area contributed by atoms with Crippen LogP contribution < -0.4 is 5.73 Å². The van der Waals surface area contributed by atoms with Crippen molar-refractivity contribution in [1.82, 2.24) is 4.90 Å². The van der Waals surface area contributed by atoms with Crippen LogP contribution in [0.2, 0.25) is 0 Å². The predicted octanol–water partition coefficient (Wildman–Crippen LogP) is 4.43. The van der Waals surface area contributed by atoms with Crippen LogP contribution in [0.25, 0.3) is 0 Å². The van der Waals surface area contributed by atoms with Crippen LogP contribution in [0.5, 0.6) is 0 Å². The third kappa shape index (κ3) is 4.45. The first kappa shape index (κ1) is 17.3. The third-order valence-electron chi connectivity index (χ3n) is 6.57. The topological polar surface area (TPSA) is 29.3 Å². The van der Waals surface area contributed by atoms with Gasteiger partial charge in [-0.15, -0.1) is 0 Å². The maximum atomic E-state index is 6.16. The smallest absolute Gasteiger partial charge is 0.0300 e. The van der Waals surface area contributed by atoms with E-state index in [4.69, 9.17) is 5.73 Å². The second-order valence-corrected chi connectivity index (χ2v) is 8.18. The van der Waals surface area contributed by atoms with Crippen LogP contribution >= 0.6 is 0 Å². The summed E-state index contributed by atoms with van der Waals surface area (Å²) in [7, 11) is 2.32. The lowest BCUT2D eigenvalue weighted by atomic mass is 9.86. The Kier molecular flexibility index (Phi) is 6.55. The summed E-state index contributed by atoms with van der Waals surface area (Å²) in [6, 6.07) is 0. The first-order valence-corrected chi connectivity index (χ1v) is 9.50. The van der Waals surface area contributed by atoms with Gasteiger partial charge in [0.15, 0.2) is 0 Å². The predicted molar refractivity (Wildman–Crippen MR) is 92.4 cm³/mol. The molecule has 4 atom stereocenters. The molecule has 0 aromatic rings. The zero-order chi connectivity index (χ0) is 15.3. The minimum atomic E-state index is 0.216. The molecule has 2 aliphatic rings. The number of hydrogen-bond acceptors (Lipinski definition) is 2. The molecule has 0 aliphatic heterocycles. The Labute approximate surface area is 132 Å². The van der Waals surface area contributed by atoms with Gasteiger partial charge in [-0.1, -0.05) is 45.4 Å². The molecule has 0 aromatic carbocycles. The normalized spacial score (nSPS) is 31.0. The molecule has 2 N–H and O–H groups in total. The van der Waals surface area contributed by atoms with Gasteiger partial charge in [0.1, 0.15) is 0 Å². The number of unbranched alkanes of at least 4 members (excludes halogenated alkanes) is 4. The van der Waals surface area contributed by atoms with E-state index in [-0.39, 0.29) is 5.54 Å². The summed E-state index contributed by atoms with van der Waals surface area (Å²) in [4.78, 5) is 2.61. The zero-order valence-corrected chi connectivity index (χ0v) is 14.7. The molecule has 2 aliphatic carbocycles. The largest absolute Gasteiger partial charge is 0.329 e. The van der Waals surface area contributed by atoms with E-state index in [1.54, 1.807) is 0 Å². The number of hydrogen-bond donors (Lipinski definition) is 1. The van der Waals surface area contributed by atoms with Crippen molar-refractivity contribution < 1.29 is 0 Å². The van der Waals surface area contributed by atoms with Gasteiger partial charge in [0.2, 0.25) is 0 Å². The van der Waals surface area contributed by atoms with E-state index in [0.717, 1.165) is 24.3 Å². The summed E-state index contributed by atoms with van der Waals surface area (Å²) in [6.45, 7) is 6.76. The standard InChI is InChI=1S/C19H38N2/c1-4-5-6-7-8-11-19(2,15-20)21(3)14-18-13-16-9-10-17(18)12-16/h16-18H,4-15,20H2,1-3H3. The monoisotopic (exact) mass is 294 g/mol. The van der Waals surface area contributed by atoms with Gasteiger partial charge in [-0.05, 0) is 57.4 Å². The molecule has 2 nitrogen and oxygen atoms in total. The number of nitrogens with zero attached hydrogens (tertiary/aromatic N) is 1.